The molecule has 0 aromatic rings. The summed E-state index contributed by atoms with van der Waals surface area (Å²) in [5.74, 6) is 5.06. The lowest BCUT2D eigenvalue weighted by molar-refractivity contribution is -0.143. The van der Waals surface area contributed by atoms with Gasteiger partial charge in [-0.1, -0.05) is 56.2 Å². The molecule has 0 aliphatic carbocycles. The van der Waals surface area contributed by atoms with Crippen LogP contribution in [0.1, 0.15) is 47.5 Å². The molecule has 1 rings (SSSR count). The van der Waals surface area contributed by atoms with E-state index in [4.69, 9.17) is 4.74 Å². The molecule has 0 atom stereocenters. The Morgan fingerprint density at radius 2 is 1.39 bits per heavy atom. The number of thioether (sulfide) groups is 1. The molecular formula is C20H45NO6S6. The molecule has 0 saturated carbocycles. The average molecular weight is 588 g/mol. The summed E-state index contributed by atoms with van der Waals surface area (Å²) in [6, 6.07) is 0. The molecule has 0 unspecified atom stereocenters. The Kier molecular flexibility index (Phi) is 60.5. The number of esters is 2. The lowest BCUT2D eigenvalue weighted by Gasteiger charge is -2.00. The van der Waals surface area contributed by atoms with E-state index in [2.05, 4.69) is 60.0 Å². The maximum absolute atomic E-state index is 10.6. The lowest BCUT2D eigenvalue weighted by Crippen LogP contribution is -2.04. The first-order valence-electron chi connectivity index (χ1n) is 10.6. The fourth-order valence-corrected chi connectivity index (χ4v) is 3.07. The van der Waals surface area contributed by atoms with E-state index in [0.29, 0.717) is 38.4 Å². The maximum atomic E-state index is 10.6. The van der Waals surface area contributed by atoms with Crippen LogP contribution in [0.15, 0.2) is 0 Å². The van der Waals surface area contributed by atoms with Gasteiger partial charge in [-0.25, -0.2) is 4.79 Å². The number of hydrogen-bond donors (Lipinski definition) is 4. The highest BCUT2D eigenvalue weighted by atomic mass is 33.1. The van der Waals surface area contributed by atoms with Crippen LogP contribution >= 0.6 is 71.2 Å². The molecule has 1 aliphatic heterocycles. The number of thiol groups is 3. The van der Waals surface area contributed by atoms with Gasteiger partial charge in [-0.05, 0) is 30.3 Å². The smallest absolute Gasteiger partial charge is 0.367 e. The van der Waals surface area contributed by atoms with Crippen LogP contribution < -0.4 is 5.73 Å². The molecule has 1 fully saturated rings. The van der Waals surface area contributed by atoms with Crippen LogP contribution in [0.5, 0.6) is 0 Å². The average Bonchev–Trinajstić information content (AvgIpc) is 3.31. The zero-order valence-electron chi connectivity index (χ0n) is 20.9. The molecule has 0 aromatic carbocycles. The van der Waals surface area contributed by atoms with E-state index in [9.17, 15) is 14.4 Å². The van der Waals surface area contributed by atoms with Gasteiger partial charge in [-0.15, -0.1) is 0 Å². The summed E-state index contributed by atoms with van der Waals surface area (Å²) in [4.78, 5) is 30.9. The molecule has 2 N–H and O–H groups in total. The molecule has 7 nitrogen and oxygen atoms in total. The summed E-state index contributed by atoms with van der Waals surface area (Å²) < 4.78 is 14.0. The van der Waals surface area contributed by atoms with Crippen LogP contribution in [0.2, 0.25) is 0 Å². The standard InChI is InChI=1S/C7H14O2S2.C5H10O2S.C3H4O2S.2C2H6S.CH5N/c1-3-7(8)9-5-6-11-10-4-2;1-2-5(6)7-3-4-8;4-3-5-1-2-6-3;2*1-2-3;1-2/h3-6H2,1-2H3;8H,2-4H2,1H3;1-2H2;2*3H,2H2,1H3;2H2,1H3. The highest BCUT2D eigenvalue weighted by Crippen LogP contribution is 2.19. The van der Waals surface area contributed by atoms with Gasteiger partial charge in [0.1, 0.15) is 19.8 Å². The van der Waals surface area contributed by atoms with Gasteiger partial charge in [0.05, 0.1) is 0 Å². The van der Waals surface area contributed by atoms with Crippen molar-refractivity contribution in [2.75, 3.05) is 61.4 Å². The van der Waals surface area contributed by atoms with Crippen LogP contribution in [0, 0.1) is 0 Å². The van der Waals surface area contributed by atoms with Crippen molar-refractivity contribution in [3.63, 3.8) is 0 Å². The second-order valence-electron chi connectivity index (χ2n) is 4.68. The second-order valence-corrected chi connectivity index (χ2v) is 10.3. The quantitative estimate of drug-likeness (QED) is 0.0905. The van der Waals surface area contributed by atoms with Crippen molar-refractivity contribution in [1.82, 2.24) is 0 Å². The largest absolute Gasteiger partial charge is 0.465 e. The summed E-state index contributed by atoms with van der Waals surface area (Å²) in [5.41, 5.74) is 4.50. The van der Waals surface area contributed by atoms with E-state index >= 15 is 0 Å². The molecule has 1 aliphatic rings. The molecule has 0 amide bonds. The Labute approximate surface area is 230 Å². The van der Waals surface area contributed by atoms with Gasteiger partial charge in [-0.2, -0.15) is 37.9 Å². The first kappa shape index (κ1) is 43.5. The van der Waals surface area contributed by atoms with Gasteiger partial charge in [0, 0.05) is 35.9 Å². The first-order valence-corrected chi connectivity index (χ1v) is 16.0. The van der Waals surface area contributed by atoms with Gasteiger partial charge in [0.25, 0.3) is 0 Å². The number of carbonyl (C=O) groups excluding carboxylic acids is 3. The molecule has 0 aromatic heterocycles. The van der Waals surface area contributed by atoms with Gasteiger partial charge in [0.2, 0.25) is 0 Å². The topological polar surface area (TPSA) is 105 Å². The van der Waals surface area contributed by atoms with Crippen LogP contribution in [0.3, 0.4) is 0 Å². The van der Waals surface area contributed by atoms with E-state index in [1.54, 1.807) is 35.4 Å². The summed E-state index contributed by atoms with van der Waals surface area (Å²) >= 11 is 12.7. The Morgan fingerprint density at radius 1 is 0.939 bits per heavy atom. The van der Waals surface area contributed by atoms with Crippen molar-refractivity contribution >= 4 is 88.5 Å². The van der Waals surface area contributed by atoms with E-state index in [-0.39, 0.29) is 17.2 Å². The van der Waals surface area contributed by atoms with Gasteiger partial charge < -0.3 is 19.9 Å². The zero-order chi connectivity index (χ0) is 26.8. The number of nitrogens with two attached hydrogens (primary N) is 1. The Balaban J connectivity index is -0.000000105. The van der Waals surface area contributed by atoms with E-state index in [0.717, 1.165) is 28.8 Å². The van der Waals surface area contributed by atoms with Crippen molar-refractivity contribution in [2.24, 2.45) is 5.73 Å². The normalized spacial score (nSPS) is 10.4. The summed E-state index contributed by atoms with van der Waals surface area (Å²) in [5, 5.41) is -0.130. The zero-order valence-corrected chi connectivity index (χ0v) is 26.0. The van der Waals surface area contributed by atoms with Crippen molar-refractivity contribution in [3.05, 3.63) is 0 Å². The Morgan fingerprint density at radius 3 is 1.67 bits per heavy atom. The SMILES string of the molecule is CCC(=O)OCCS.CCS.CCS.CCSSCCOC(=O)CC.CN.O=C1OCCS1. The molecular weight excluding hydrogens is 543 g/mol. The fourth-order valence-electron chi connectivity index (χ4n) is 0.987. The van der Waals surface area contributed by atoms with Crippen molar-refractivity contribution in [3.8, 4) is 0 Å². The third-order valence-electron chi connectivity index (χ3n) is 2.09. The minimum absolute atomic E-state index is 0.105. The number of rotatable bonds is 9. The molecule has 33 heavy (non-hydrogen) atoms. The number of carbonyl (C=O) groups is 3. The summed E-state index contributed by atoms with van der Waals surface area (Å²) in [6.07, 6.45) is 0.930. The molecule has 202 valence electrons. The molecule has 1 heterocycles. The first-order chi connectivity index (χ1) is 15.8. The van der Waals surface area contributed by atoms with Crippen molar-refractivity contribution < 1.29 is 28.6 Å². The summed E-state index contributed by atoms with van der Waals surface area (Å²) in [7, 11) is 5.04. The monoisotopic (exact) mass is 587 g/mol. The minimum atomic E-state index is -0.154. The van der Waals surface area contributed by atoms with E-state index < -0.39 is 0 Å². The van der Waals surface area contributed by atoms with Crippen LogP contribution in [-0.4, -0.2) is 78.6 Å². The third-order valence-corrected chi connectivity index (χ3v) is 5.44. The van der Waals surface area contributed by atoms with E-state index in [1.165, 1.54) is 18.8 Å². The Hall–Kier alpha value is 0.470. The lowest BCUT2D eigenvalue weighted by atomic mass is 10.5. The van der Waals surface area contributed by atoms with E-state index in [1.807, 2.05) is 13.8 Å². The third kappa shape index (κ3) is 59.7. The van der Waals surface area contributed by atoms with Crippen LogP contribution in [0.25, 0.3) is 0 Å². The van der Waals surface area contributed by atoms with Crippen molar-refractivity contribution in [1.29, 1.82) is 0 Å². The van der Waals surface area contributed by atoms with Crippen molar-refractivity contribution in [2.45, 2.75) is 47.5 Å². The number of cyclic esters (lactones) is 1. The second kappa shape index (κ2) is 45.9. The minimum Gasteiger partial charge on any atom is -0.465 e. The highest BCUT2D eigenvalue weighted by Gasteiger charge is 2.09. The maximum Gasteiger partial charge on any atom is 0.367 e. The Bertz CT molecular complexity index is 386. The summed E-state index contributed by atoms with van der Waals surface area (Å²) in [6.45, 7) is 11.2. The molecule has 0 bridgehead atoms. The van der Waals surface area contributed by atoms with Crippen LogP contribution in [0.4, 0.5) is 4.79 Å². The molecule has 0 radical (unpaired) electrons. The predicted molar refractivity (Wildman–Crippen MR) is 160 cm³/mol. The fraction of sp³-hybridized carbons (Fsp3) is 0.850. The van der Waals surface area contributed by atoms with Gasteiger partial charge >= 0.3 is 17.2 Å². The van der Waals surface area contributed by atoms with Gasteiger partial charge in [0.15, 0.2) is 0 Å². The van der Waals surface area contributed by atoms with Gasteiger partial charge in [-0.3, -0.25) is 9.59 Å². The molecule has 1 saturated heterocycles. The number of hydrogen-bond acceptors (Lipinski definition) is 13. The van der Waals surface area contributed by atoms with Crippen LogP contribution in [-0.2, 0) is 23.8 Å². The predicted octanol–water partition coefficient (Wildman–Crippen LogP) is 5.53. The molecule has 13 heteroatoms. The molecule has 0 spiro atoms. The number of ether oxygens (including phenoxy) is 3. The highest BCUT2D eigenvalue weighted by molar-refractivity contribution is 8.76.